The van der Waals surface area contributed by atoms with Crippen LogP contribution in [0.5, 0.6) is 0 Å². The van der Waals surface area contributed by atoms with E-state index in [0.29, 0.717) is 0 Å². The van der Waals surface area contributed by atoms with Gasteiger partial charge < -0.3 is 0 Å². The van der Waals surface area contributed by atoms with Crippen LogP contribution in [-0.2, 0) is 13.0 Å². The fourth-order valence-electron chi connectivity index (χ4n) is 3.66. The van der Waals surface area contributed by atoms with Gasteiger partial charge in [-0.2, -0.15) is 0 Å². The lowest BCUT2D eigenvalue weighted by Gasteiger charge is -2.21. The van der Waals surface area contributed by atoms with Crippen molar-refractivity contribution in [3.63, 3.8) is 0 Å². The number of hydrogen-bond donors (Lipinski definition) is 0. The van der Waals surface area contributed by atoms with Gasteiger partial charge in [0.15, 0.2) is 0 Å². The lowest BCUT2D eigenvalue weighted by atomic mass is 9.93. The van der Waals surface area contributed by atoms with E-state index in [4.69, 9.17) is 4.98 Å². The van der Waals surface area contributed by atoms with Crippen molar-refractivity contribution in [3.8, 4) is 11.1 Å². The molecule has 0 unspecified atom stereocenters. The molecule has 0 fully saturated rings. The minimum absolute atomic E-state index is 0. The molecule has 4 rings (SSSR count). The summed E-state index contributed by atoms with van der Waals surface area (Å²) in [4.78, 5) is 7.54. The standard InChI is InChI=1S/C21H22N2.2ClH/c1-2-23-14-8-13-20-18(15-23)21(16-9-4-3-5-10-16)17-11-6-7-12-19(17)22-20;;/h3-7,9-12H,2,8,13-15H2,1H3;2*1H. The maximum absolute atomic E-state index is 5.00. The smallest absolute Gasteiger partial charge is 0.0711 e. The first-order valence-electron chi connectivity index (χ1n) is 8.55. The van der Waals surface area contributed by atoms with Crippen molar-refractivity contribution in [1.82, 2.24) is 9.88 Å². The van der Waals surface area contributed by atoms with E-state index in [1.165, 1.54) is 34.2 Å². The van der Waals surface area contributed by atoms with Crippen LogP contribution in [0, 0.1) is 0 Å². The highest BCUT2D eigenvalue weighted by molar-refractivity contribution is 5.96. The number of hydrogen-bond acceptors (Lipinski definition) is 2. The molecule has 1 aliphatic rings. The molecule has 0 saturated heterocycles. The van der Waals surface area contributed by atoms with E-state index < -0.39 is 0 Å². The molecule has 0 bridgehead atoms. The van der Waals surface area contributed by atoms with Gasteiger partial charge in [-0.1, -0.05) is 55.5 Å². The Morgan fingerprint density at radius 2 is 1.68 bits per heavy atom. The third-order valence-corrected chi connectivity index (χ3v) is 4.86. The van der Waals surface area contributed by atoms with Crippen molar-refractivity contribution in [2.24, 2.45) is 0 Å². The van der Waals surface area contributed by atoms with Gasteiger partial charge in [-0.15, -0.1) is 24.8 Å². The molecule has 4 heteroatoms. The van der Waals surface area contributed by atoms with Crippen LogP contribution < -0.4 is 0 Å². The molecule has 0 aliphatic carbocycles. The average molecular weight is 375 g/mol. The minimum Gasteiger partial charge on any atom is -0.299 e. The molecule has 0 N–H and O–H groups in total. The Labute approximate surface area is 162 Å². The molecule has 0 spiro atoms. The summed E-state index contributed by atoms with van der Waals surface area (Å²) in [5.74, 6) is 0. The van der Waals surface area contributed by atoms with Crippen molar-refractivity contribution in [2.45, 2.75) is 26.3 Å². The molecule has 2 aromatic carbocycles. The van der Waals surface area contributed by atoms with Gasteiger partial charge in [0.2, 0.25) is 0 Å². The lowest BCUT2D eigenvalue weighted by Crippen LogP contribution is -2.23. The van der Waals surface area contributed by atoms with E-state index in [1.54, 1.807) is 0 Å². The van der Waals surface area contributed by atoms with Crippen molar-refractivity contribution >= 4 is 35.7 Å². The molecular formula is C21H24Cl2N2. The molecular weight excluding hydrogens is 351 g/mol. The third-order valence-electron chi connectivity index (χ3n) is 4.86. The maximum atomic E-state index is 5.00. The summed E-state index contributed by atoms with van der Waals surface area (Å²) in [5, 5.41) is 1.27. The van der Waals surface area contributed by atoms with Crippen LogP contribution >= 0.6 is 24.8 Å². The number of nitrogens with zero attached hydrogens (tertiary/aromatic N) is 2. The van der Waals surface area contributed by atoms with Gasteiger partial charge in [0, 0.05) is 17.6 Å². The van der Waals surface area contributed by atoms with Gasteiger partial charge in [-0.05, 0) is 48.7 Å². The van der Waals surface area contributed by atoms with E-state index in [1.807, 2.05) is 0 Å². The quantitative estimate of drug-likeness (QED) is 0.587. The second kappa shape index (κ2) is 8.66. The predicted molar refractivity (Wildman–Crippen MR) is 111 cm³/mol. The van der Waals surface area contributed by atoms with E-state index in [0.717, 1.165) is 31.6 Å². The van der Waals surface area contributed by atoms with Gasteiger partial charge in [0.25, 0.3) is 0 Å². The minimum atomic E-state index is 0. The second-order valence-corrected chi connectivity index (χ2v) is 6.27. The van der Waals surface area contributed by atoms with E-state index in [-0.39, 0.29) is 24.8 Å². The first kappa shape index (κ1) is 19.7. The van der Waals surface area contributed by atoms with Crippen LogP contribution in [0.25, 0.3) is 22.0 Å². The number of aryl methyl sites for hydroxylation is 1. The number of pyridine rings is 1. The predicted octanol–water partition coefficient (Wildman–Crippen LogP) is 5.51. The van der Waals surface area contributed by atoms with E-state index in [9.17, 15) is 0 Å². The van der Waals surface area contributed by atoms with Crippen LogP contribution in [0.1, 0.15) is 24.6 Å². The summed E-state index contributed by atoms with van der Waals surface area (Å²) in [6.07, 6.45) is 2.27. The highest BCUT2D eigenvalue weighted by Gasteiger charge is 2.20. The van der Waals surface area contributed by atoms with E-state index >= 15 is 0 Å². The molecule has 1 aromatic heterocycles. The molecule has 2 heterocycles. The summed E-state index contributed by atoms with van der Waals surface area (Å²) in [6.45, 7) is 5.52. The summed E-state index contributed by atoms with van der Waals surface area (Å²) >= 11 is 0. The van der Waals surface area contributed by atoms with Crippen molar-refractivity contribution in [2.75, 3.05) is 13.1 Å². The van der Waals surface area contributed by atoms with Crippen LogP contribution in [0.3, 0.4) is 0 Å². The number of para-hydroxylation sites is 1. The molecule has 25 heavy (non-hydrogen) atoms. The van der Waals surface area contributed by atoms with Gasteiger partial charge in [-0.3, -0.25) is 9.88 Å². The first-order chi connectivity index (χ1) is 11.4. The van der Waals surface area contributed by atoms with Gasteiger partial charge >= 0.3 is 0 Å². The van der Waals surface area contributed by atoms with Gasteiger partial charge in [0.05, 0.1) is 5.52 Å². The molecule has 0 saturated carbocycles. The number of fused-ring (bicyclic) bond motifs is 2. The van der Waals surface area contributed by atoms with Crippen LogP contribution in [0.2, 0.25) is 0 Å². The highest BCUT2D eigenvalue weighted by atomic mass is 35.5. The number of halogens is 2. The molecule has 0 atom stereocenters. The Morgan fingerprint density at radius 1 is 0.960 bits per heavy atom. The zero-order valence-electron chi connectivity index (χ0n) is 14.4. The van der Waals surface area contributed by atoms with Crippen LogP contribution in [-0.4, -0.2) is 23.0 Å². The number of rotatable bonds is 2. The lowest BCUT2D eigenvalue weighted by molar-refractivity contribution is 0.285. The molecule has 2 nitrogen and oxygen atoms in total. The van der Waals surface area contributed by atoms with Crippen LogP contribution in [0.4, 0.5) is 0 Å². The SMILES string of the molecule is CCN1CCCc2nc3ccccc3c(-c3ccccc3)c2C1.Cl.Cl. The monoisotopic (exact) mass is 374 g/mol. The number of benzene rings is 2. The Hall–Kier alpha value is -1.61. The molecule has 1 aliphatic heterocycles. The van der Waals surface area contributed by atoms with Crippen molar-refractivity contribution < 1.29 is 0 Å². The zero-order valence-corrected chi connectivity index (χ0v) is 16.1. The average Bonchev–Trinajstić information content (AvgIpc) is 2.82. The molecule has 0 amide bonds. The fourth-order valence-corrected chi connectivity index (χ4v) is 3.66. The molecule has 3 aromatic rings. The topological polar surface area (TPSA) is 16.1 Å². The summed E-state index contributed by atoms with van der Waals surface area (Å²) in [5.41, 5.74) is 6.52. The Balaban J connectivity index is 0.00000113. The van der Waals surface area contributed by atoms with Gasteiger partial charge in [-0.25, -0.2) is 0 Å². The van der Waals surface area contributed by atoms with Gasteiger partial charge in [0.1, 0.15) is 0 Å². The Morgan fingerprint density at radius 3 is 2.44 bits per heavy atom. The first-order valence-corrected chi connectivity index (χ1v) is 8.55. The Kier molecular flexibility index (Phi) is 6.83. The summed E-state index contributed by atoms with van der Waals surface area (Å²) in [7, 11) is 0. The second-order valence-electron chi connectivity index (χ2n) is 6.27. The zero-order chi connectivity index (χ0) is 15.6. The number of aromatic nitrogens is 1. The Bertz CT molecular complexity index is 834. The van der Waals surface area contributed by atoms with Crippen molar-refractivity contribution in [1.29, 1.82) is 0 Å². The normalized spacial score (nSPS) is 14.1. The largest absolute Gasteiger partial charge is 0.299 e. The third kappa shape index (κ3) is 3.82. The fraction of sp³-hybridized carbons (Fsp3) is 0.286. The molecule has 132 valence electrons. The highest BCUT2D eigenvalue weighted by Crippen LogP contribution is 2.35. The summed E-state index contributed by atoms with van der Waals surface area (Å²) < 4.78 is 0. The molecule has 0 radical (unpaired) electrons. The van der Waals surface area contributed by atoms with Crippen LogP contribution in [0.15, 0.2) is 54.6 Å². The maximum Gasteiger partial charge on any atom is 0.0711 e. The summed E-state index contributed by atoms with van der Waals surface area (Å²) in [6, 6.07) is 19.4. The van der Waals surface area contributed by atoms with Crippen molar-refractivity contribution in [3.05, 3.63) is 65.9 Å². The van der Waals surface area contributed by atoms with E-state index in [2.05, 4.69) is 66.4 Å².